The molecule has 100 valence electrons. The molecule has 1 fully saturated rings. The molecule has 3 heteroatoms. The van der Waals surface area contributed by atoms with Crippen LogP contribution in [0.2, 0.25) is 5.02 Å². The molecule has 0 amide bonds. The van der Waals surface area contributed by atoms with Crippen LogP contribution in [0.15, 0.2) is 24.3 Å². The Kier molecular flexibility index (Phi) is 4.66. The highest BCUT2D eigenvalue weighted by molar-refractivity contribution is 6.30. The first kappa shape index (κ1) is 13.9. The standard InChI is InChI=1S/C15H22ClNO/c1-3-18-15(10-4-5-11-15)14(17-2)12-6-8-13(16)9-7-12/h6-9,14,17H,3-5,10-11H2,1-2H3. The molecule has 1 unspecified atom stereocenters. The molecule has 0 aliphatic heterocycles. The zero-order chi connectivity index (χ0) is 13.0. The molecule has 0 aromatic heterocycles. The van der Waals surface area contributed by atoms with Gasteiger partial charge in [-0.25, -0.2) is 0 Å². The molecule has 1 aromatic rings. The fourth-order valence-corrected chi connectivity index (χ4v) is 3.29. The van der Waals surface area contributed by atoms with Crippen LogP contribution in [0.25, 0.3) is 0 Å². The zero-order valence-electron chi connectivity index (χ0n) is 11.2. The smallest absolute Gasteiger partial charge is 0.0876 e. The van der Waals surface area contributed by atoms with E-state index in [9.17, 15) is 0 Å². The van der Waals surface area contributed by atoms with E-state index in [0.29, 0.717) is 0 Å². The Labute approximate surface area is 115 Å². The van der Waals surface area contributed by atoms with Crippen molar-refractivity contribution >= 4 is 11.6 Å². The number of halogens is 1. The Bertz CT molecular complexity index is 371. The van der Waals surface area contributed by atoms with Crippen LogP contribution in [0.5, 0.6) is 0 Å². The molecule has 2 rings (SSSR count). The van der Waals surface area contributed by atoms with Gasteiger partial charge in [0.15, 0.2) is 0 Å². The largest absolute Gasteiger partial charge is 0.373 e. The third-order valence-electron chi connectivity index (χ3n) is 3.90. The molecule has 1 atom stereocenters. The summed E-state index contributed by atoms with van der Waals surface area (Å²) in [6.07, 6.45) is 4.78. The van der Waals surface area contributed by atoms with Gasteiger partial charge in [-0.2, -0.15) is 0 Å². The summed E-state index contributed by atoms with van der Waals surface area (Å²) in [6, 6.07) is 8.36. The maximum atomic E-state index is 6.13. The predicted octanol–water partition coefficient (Wildman–Crippen LogP) is 3.95. The third-order valence-corrected chi connectivity index (χ3v) is 4.15. The van der Waals surface area contributed by atoms with Gasteiger partial charge in [0, 0.05) is 11.6 Å². The van der Waals surface area contributed by atoms with E-state index in [1.54, 1.807) is 0 Å². The summed E-state index contributed by atoms with van der Waals surface area (Å²) >= 11 is 5.96. The maximum Gasteiger partial charge on any atom is 0.0876 e. The van der Waals surface area contributed by atoms with Crippen LogP contribution in [0.3, 0.4) is 0 Å². The molecule has 0 spiro atoms. The van der Waals surface area contributed by atoms with Gasteiger partial charge in [0.1, 0.15) is 0 Å². The molecule has 1 aromatic carbocycles. The van der Waals surface area contributed by atoms with Gasteiger partial charge in [0.05, 0.1) is 11.6 Å². The summed E-state index contributed by atoms with van der Waals surface area (Å²) in [5.74, 6) is 0. The number of hydrogen-bond donors (Lipinski definition) is 1. The maximum absolute atomic E-state index is 6.13. The fourth-order valence-electron chi connectivity index (χ4n) is 3.17. The van der Waals surface area contributed by atoms with Crippen molar-refractivity contribution in [3.05, 3.63) is 34.9 Å². The van der Waals surface area contributed by atoms with E-state index in [1.165, 1.54) is 18.4 Å². The quantitative estimate of drug-likeness (QED) is 0.872. The normalized spacial score (nSPS) is 19.9. The first-order chi connectivity index (χ1) is 8.72. The number of nitrogens with one attached hydrogen (secondary N) is 1. The van der Waals surface area contributed by atoms with Crippen molar-refractivity contribution in [2.75, 3.05) is 13.7 Å². The monoisotopic (exact) mass is 267 g/mol. The van der Waals surface area contributed by atoms with Crippen molar-refractivity contribution in [1.82, 2.24) is 5.32 Å². The van der Waals surface area contributed by atoms with Gasteiger partial charge in [-0.15, -0.1) is 0 Å². The number of hydrogen-bond acceptors (Lipinski definition) is 2. The van der Waals surface area contributed by atoms with Crippen LogP contribution < -0.4 is 5.32 Å². The molecule has 1 aliphatic carbocycles. The average Bonchev–Trinajstić information content (AvgIpc) is 2.82. The highest BCUT2D eigenvalue weighted by atomic mass is 35.5. The molecule has 1 aliphatic rings. The summed E-state index contributed by atoms with van der Waals surface area (Å²) in [6.45, 7) is 2.85. The van der Waals surface area contributed by atoms with Crippen LogP contribution >= 0.6 is 11.6 Å². The van der Waals surface area contributed by atoms with Crippen molar-refractivity contribution in [2.45, 2.75) is 44.2 Å². The molecule has 1 N–H and O–H groups in total. The average molecular weight is 268 g/mol. The summed E-state index contributed by atoms with van der Waals surface area (Å²) in [4.78, 5) is 0. The Morgan fingerprint density at radius 2 is 1.89 bits per heavy atom. The van der Waals surface area contributed by atoms with Gasteiger partial charge < -0.3 is 10.1 Å². The number of likely N-dealkylation sites (N-methyl/N-ethyl adjacent to an activating group) is 1. The fraction of sp³-hybridized carbons (Fsp3) is 0.600. The Morgan fingerprint density at radius 1 is 1.28 bits per heavy atom. The summed E-state index contributed by atoms with van der Waals surface area (Å²) in [7, 11) is 2.01. The minimum absolute atomic E-state index is 0.0443. The minimum atomic E-state index is -0.0443. The summed E-state index contributed by atoms with van der Waals surface area (Å²) in [5.41, 5.74) is 1.22. The van der Waals surface area contributed by atoms with Crippen molar-refractivity contribution < 1.29 is 4.74 Å². The van der Waals surface area contributed by atoms with Gasteiger partial charge in [-0.3, -0.25) is 0 Å². The molecule has 0 bridgehead atoms. The van der Waals surface area contributed by atoms with E-state index < -0.39 is 0 Å². The molecular weight excluding hydrogens is 246 g/mol. The van der Waals surface area contributed by atoms with Gasteiger partial charge >= 0.3 is 0 Å². The van der Waals surface area contributed by atoms with Crippen molar-refractivity contribution in [1.29, 1.82) is 0 Å². The molecule has 2 nitrogen and oxygen atoms in total. The topological polar surface area (TPSA) is 21.3 Å². The highest BCUT2D eigenvalue weighted by Gasteiger charge is 2.42. The SMILES string of the molecule is CCOC1(C(NC)c2ccc(Cl)cc2)CCCC1. The summed E-state index contributed by atoms with van der Waals surface area (Å²) < 4.78 is 6.13. The van der Waals surface area contributed by atoms with Crippen LogP contribution in [0, 0.1) is 0 Å². The minimum Gasteiger partial charge on any atom is -0.373 e. The van der Waals surface area contributed by atoms with Gasteiger partial charge in [-0.1, -0.05) is 36.6 Å². The number of benzene rings is 1. The zero-order valence-corrected chi connectivity index (χ0v) is 12.0. The molecule has 18 heavy (non-hydrogen) atoms. The third kappa shape index (κ3) is 2.71. The van der Waals surface area contributed by atoms with Gasteiger partial charge in [0.2, 0.25) is 0 Å². The lowest BCUT2D eigenvalue weighted by atomic mass is 9.86. The van der Waals surface area contributed by atoms with Gasteiger partial charge in [-0.05, 0) is 44.5 Å². The number of ether oxygens (including phenoxy) is 1. The Morgan fingerprint density at radius 3 is 2.39 bits per heavy atom. The van der Waals surface area contributed by atoms with Crippen molar-refractivity contribution in [2.24, 2.45) is 0 Å². The Balaban J connectivity index is 2.27. The first-order valence-electron chi connectivity index (χ1n) is 6.78. The predicted molar refractivity (Wildman–Crippen MR) is 76.1 cm³/mol. The first-order valence-corrected chi connectivity index (χ1v) is 7.16. The van der Waals surface area contributed by atoms with Crippen molar-refractivity contribution in [3.8, 4) is 0 Å². The van der Waals surface area contributed by atoms with Crippen molar-refractivity contribution in [3.63, 3.8) is 0 Å². The van der Waals surface area contributed by atoms with E-state index in [-0.39, 0.29) is 11.6 Å². The Hall–Kier alpha value is -0.570. The molecule has 1 saturated carbocycles. The van der Waals surface area contributed by atoms with Crippen LogP contribution in [-0.2, 0) is 4.74 Å². The van der Waals surface area contributed by atoms with E-state index in [0.717, 1.165) is 24.5 Å². The second kappa shape index (κ2) is 6.05. The lowest BCUT2D eigenvalue weighted by molar-refractivity contribution is -0.0610. The van der Waals surface area contributed by atoms with Crippen LogP contribution in [0.4, 0.5) is 0 Å². The highest BCUT2D eigenvalue weighted by Crippen LogP contribution is 2.42. The second-order valence-electron chi connectivity index (χ2n) is 4.98. The summed E-state index contributed by atoms with van der Waals surface area (Å²) in [5, 5.41) is 4.22. The molecule has 0 heterocycles. The second-order valence-corrected chi connectivity index (χ2v) is 5.41. The lowest BCUT2D eigenvalue weighted by Gasteiger charge is -2.37. The van der Waals surface area contributed by atoms with Crippen LogP contribution in [-0.4, -0.2) is 19.3 Å². The molecule has 0 saturated heterocycles. The lowest BCUT2D eigenvalue weighted by Crippen LogP contribution is -2.43. The molecular formula is C15H22ClNO. The number of rotatable bonds is 5. The van der Waals surface area contributed by atoms with Crippen LogP contribution in [0.1, 0.15) is 44.2 Å². The van der Waals surface area contributed by atoms with E-state index in [1.807, 2.05) is 19.2 Å². The van der Waals surface area contributed by atoms with Gasteiger partial charge in [0.25, 0.3) is 0 Å². The van der Waals surface area contributed by atoms with E-state index >= 15 is 0 Å². The van der Waals surface area contributed by atoms with E-state index in [4.69, 9.17) is 16.3 Å². The van der Waals surface area contributed by atoms with E-state index in [2.05, 4.69) is 24.4 Å². The molecule has 0 radical (unpaired) electrons.